The minimum atomic E-state index is -7.25. The van der Waals surface area contributed by atoms with Gasteiger partial charge in [0.05, 0.1) is 0 Å². The first-order valence-electron chi connectivity index (χ1n) is 13.9. The van der Waals surface area contributed by atoms with Gasteiger partial charge in [-0.05, 0) is 0 Å². The molecule has 0 saturated heterocycles. The number of benzene rings is 4. The Morgan fingerprint density at radius 1 is 0.458 bits per heavy atom. The Kier molecular flexibility index (Phi) is 7.26. The molecule has 6 rings (SSSR count). The molecule has 0 aliphatic carbocycles. The van der Waals surface area contributed by atoms with E-state index < -0.39 is 76.5 Å². The van der Waals surface area contributed by atoms with Crippen molar-refractivity contribution in [2.75, 3.05) is 6.16 Å². The van der Waals surface area contributed by atoms with Crippen molar-refractivity contribution in [2.45, 2.75) is 41.5 Å². The van der Waals surface area contributed by atoms with Gasteiger partial charge in [0.2, 0.25) is 0 Å². The van der Waals surface area contributed by atoms with E-state index in [1.165, 1.54) is 36.4 Å². The van der Waals surface area contributed by atoms with Gasteiger partial charge in [-0.2, -0.15) is 0 Å². The molecule has 0 radical (unpaired) electrons. The van der Waals surface area contributed by atoms with Crippen molar-refractivity contribution in [3.05, 3.63) is 131 Å². The second-order valence-electron chi connectivity index (χ2n) is 11.4. The first kappa shape index (κ1) is 34.2. The summed E-state index contributed by atoms with van der Waals surface area (Å²) < 4.78 is 192. The van der Waals surface area contributed by atoms with Crippen LogP contribution in [0.1, 0.15) is 22.3 Å². The van der Waals surface area contributed by atoms with Gasteiger partial charge >= 0.3 is 264 Å². The van der Waals surface area contributed by atoms with Crippen LogP contribution in [0.15, 0.2) is 109 Å². The number of halogens is 12. The quantitative estimate of drug-likeness (QED) is 0.170. The molecule has 0 saturated carbocycles. The maximum absolute atomic E-state index is 15.1. The molecule has 2 aliphatic rings. The van der Waals surface area contributed by atoms with Gasteiger partial charge in [0, 0.05) is 0 Å². The molecule has 1 spiro atoms. The fourth-order valence-corrected chi connectivity index (χ4v) is 13.3. The van der Waals surface area contributed by atoms with Crippen molar-refractivity contribution in [1.82, 2.24) is 0 Å². The average molecular weight is 712 g/mol. The topological polar surface area (TPSA) is 38.7 Å². The molecule has 4 aromatic carbocycles. The van der Waals surface area contributed by atoms with Crippen LogP contribution < -0.4 is 10.6 Å². The van der Waals surface area contributed by atoms with Crippen LogP contribution in [0.2, 0.25) is 0 Å². The van der Waals surface area contributed by atoms with Gasteiger partial charge in [-0.15, -0.1) is 0 Å². The third-order valence-electron chi connectivity index (χ3n) is 8.82. The summed E-state index contributed by atoms with van der Waals surface area (Å²) in [5.41, 5.74) is -18.1. The van der Waals surface area contributed by atoms with E-state index in [9.17, 15) is 5.11 Å². The Morgan fingerprint density at radius 2 is 0.750 bits per heavy atom. The van der Waals surface area contributed by atoms with Crippen LogP contribution in [-0.2, 0) is 25.9 Å². The first-order chi connectivity index (χ1) is 22.1. The Balaban J connectivity index is 1.88. The molecular weight excluding hydrogens is 691 g/mol. The third-order valence-corrected chi connectivity index (χ3v) is 13.9. The van der Waals surface area contributed by atoms with Crippen LogP contribution in [0, 0.1) is 0 Å². The van der Waals surface area contributed by atoms with Crippen molar-refractivity contribution < 1.29 is 66.8 Å². The SMILES string of the molecule is OC(CP12(OC(C(F)(F)F)(C(F)(F)F)c3ccccc31)OC(C(F)(F)F)(C(F)(F)F)c1ccccc12)(c1ccccc1)c1ccccc1. The predicted molar refractivity (Wildman–Crippen MR) is 150 cm³/mol. The molecule has 4 aromatic rings. The molecule has 0 unspecified atom stereocenters. The molecule has 2 heterocycles. The summed E-state index contributed by atoms with van der Waals surface area (Å²) in [6, 6.07) is 17.4. The van der Waals surface area contributed by atoms with Crippen LogP contribution in [0.3, 0.4) is 0 Å². The number of alkyl halides is 12. The first-order valence-corrected chi connectivity index (χ1v) is 16.1. The van der Waals surface area contributed by atoms with Crippen molar-refractivity contribution >= 4 is 17.7 Å². The molecule has 0 fully saturated rings. The van der Waals surface area contributed by atoms with Gasteiger partial charge in [0.25, 0.3) is 0 Å². The Labute approximate surface area is 263 Å². The second-order valence-corrected chi connectivity index (χ2v) is 15.3. The zero-order valence-corrected chi connectivity index (χ0v) is 24.7. The Hall–Kier alpha value is -3.65. The van der Waals surface area contributed by atoms with E-state index in [2.05, 4.69) is 0 Å². The van der Waals surface area contributed by atoms with E-state index in [1.807, 2.05) is 0 Å². The predicted octanol–water partition coefficient (Wildman–Crippen LogP) is 8.66. The van der Waals surface area contributed by atoms with E-state index in [0.29, 0.717) is 24.3 Å². The van der Waals surface area contributed by atoms with E-state index in [1.54, 1.807) is 0 Å². The van der Waals surface area contributed by atoms with Crippen molar-refractivity contribution in [3.63, 3.8) is 0 Å². The molecule has 48 heavy (non-hydrogen) atoms. The summed E-state index contributed by atoms with van der Waals surface area (Å²) in [6.45, 7) is 0. The molecule has 1 N–H and O–H groups in total. The summed E-state index contributed by atoms with van der Waals surface area (Å²) >= 11 is 0. The van der Waals surface area contributed by atoms with E-state index in [4.69, 9.17) is 9.05 Å². The number of hydrogen-bond donors (Lipinski definition) is 1. The fourth-order valence-electron chi connectivity index (χ4n) is 6.92. The van der Waals surface area contributed by atoms with Crippen molar-refractivity contribution in [1.29, 1.82) is 0 Å². The summed E-state index contributed by atoms with van der Waals surface area (Å²) in [7, 11) is -7.25. The van der Waals surface area contributed by atoms with Crippen LogP contribution >= 0.6 is 7.06 Å². The number of hydrogen-bond acceptors (Lipinski definition) is 3. The number of fused-ring (bicyclic) bond motifs is 4. The molecule has 0 bridgehead atoms. The van der Waals surface area contributed by atoms with E-state index in [0.717, 1.165) is 36.4 Å². The van der Waals surface area contributed by atoms with Gasteiger partial charge in [0.1, 0.15) is 0 Å². The molecule has 16 heteroatoms. The second kappa shape index (κ2) is 10.2. The van der Waals surface area contributed by atoms with Crippen LogP contribution in [0.25, 0.3) is 0 Å². The van der Waals surface area contributed by atoms with E-state index >= 15 is 52.7 Å². The third kappa shape index (κ3) is 4.20. The van der Waals surface area contributed by atoms with Crippen molar-refractivity contribution in [3.8, 4) is 0 Å². The van der Waals surface area contributed by atoms with Crippen molar-refractivity contribution in [2.24, 2.45) is 0 Å². The van der Waals surface area contributed by atoms with Crippen LogP contribution in [0.4, 0.5) is 52.7 Å². The van der Waals surface area contributed by atoms with Crippen LogP contribution in [0.5, 0.6) is 0 Å². The van der Waals surface area contributed by atoms with Gasteiger partial charge < -0.3 is 0 Å². The summed E-state index contributed by atoms with van der Waals surface area (Å²) in [5.74, 6) is 0. The summed E-state index contributed by atoms with van der Waals surface area (Å²) in [4.78, 5) is 0. The standard InChI is InChI=1S/C32H21F12O3P/c33-29(34,35)27(30(36,37)38)22-15-7-9-17-24(22)48(46-27,19-26(45,20-11-3-1-4-12-20)21-13-5-2-6-14-21)25-18-10-8-16-23(25)28(47-48,31(39,40)41)32(42,43)44/h1-18,45H,19H2. The number of rotatable bonds is 4. The van der Waals surface area contributed by atoms with Crippen LogP contribution in [-0.4, -0.2) is 36.0 Å². The molecule has 0 amide bonds. The summed E-state index contributed by atoms with van der Waals surface area (Å²) in [5, 5.41) is 9.90. The zero-order valence-electron chi connectivity index (χ0n) is 23.8. The molecule has 0 aromatic heterocycles. The Bertz CT molecular complexity index is 1690. The van der Waals surface area contributed by atoms with Gasteiger partial charge in [-0.3, -0.25) is 0 Å². The maximum atomic E-state index is 15.1. The molecule has 2 aliphatic heterocycles. The molecule has 0 atom stereocenters. The summed E-state index contributed by atoms with van der Waals surface area (Å²) in [6.07, 6.45) is -27.9. The molecular formula is C32H21F12O3P. The molecule has 3 nitrogen and oxygen atoms in total. The Morgan fingerprint density at radius 3 is 1.06 bits per heavy atom. The fraction of sp³-hybridized carbons (Fsp3) is 0.250. The normalized spacial score (nSPS) is 20.5. The van der Waals surface area contributed by atoms with Gasteiger partial charge in [-0.25, -0.2) is 0 Å². The molecule has 256 valence electrons. The minimum absolute atomic E-state index is 0.273. The monoisotopic (exact) mass is 712 g/mol. The number of aliphatic hydroxyl groups is 1. The average Bonchev–Trinajstić information content (AvgIpc) is 3.45. The van der Waals surface area contributed by atoms with Gasteiger partial charge in [-0.1, -0.05) is 0 Å². The van der Waals surface area contributed by atoms with E-state index in [-0.39, 0.29) is 23.3 Å². The zero-order chi connectivity index (χ0) is 35.3. The van der Waals surface area contributed by atoms with Gasteiger partial charge in [0.15, 0.2) is 0 Å².